The summed E-state index contributed by atoms with van der Waals surface area (Å²) in [4.78, 5) is 13.8. The summed E-state index contributed by atoms with van der Waals surface area (Å²) in [5.74, 6) is -0.779. The predicted molar refractivity (Wildman–Crippen MR) is 146 cm³/mol. The van der Waals surface area contributed by atoms with E-state index in [4.69, 9.17) is 15.5 Å². The van der Waals surface area contributed by atoms with E-state index in [1.807, 2.05) is 18.2 Å². The maximum absolute atomic E-state index is 15.9. The zero-order chi connectivity index (χ0) is 27.1. The van der Waals surface area contributed by atoms with Crippen LogP contribution in [0.15, 0.2) is 48.7 Å². The van der Waals surface area contributed by atoms with Crippen LogP contribution in [0.25, 0.3) is 28.2 Å². The van der Waals surface area contributed by atoms with E-state index in [0.717, 1.165) is 43.7 Å². The van der Waals surface area contributed by atoms with Gasteiger partial charge in [-0.15, -0.1) is 0 Å². The number of anilines is 2. The molecule has 2 aromatic carbocycles. The summed E-state index contributed by atoms with van der Waals surface area (Å²) in [6, 6.07) is 13.2. The lowest BCUT2D eigenvalue weighted by Gasteiger charge is -2.32. The number of hydrogen-bond donors (Lipinski definition) is 1. The average molecular weight is 530 g/mol. The van der Waals surface area contributed by atoms with E-state index < -0.39 is 11.6 Å². The Kier molecular flexibility index (Phi) is 6.62. The van der Waals surface area contributed by atoms with Gasteiger partial charge in [0.1, 0.15) is 29.0 Å². The van der Waals surface area contributed by atoms with E-state index in [2.05, 4.69) is 14.8 Å². The van der Waals surface area contributed by atoms with Gasteiger partial charge in [0, 0.05) is 56.8 Å². The van der Waals surface area contributed by atoms with Crippen molar-refractivity contribution in [1.82, 2.24) is 14.5 Å². The van der Waals surface area contributed by atoms with Crippen LogP contribution in [0, 0.1) is 23.0 Å². The molecule has 0 spiro atoms. The standard InChI is InChI=1S/C29H29F2N7O/c1-39-22-9-12-36(17-22)21-6-7-25(24(31)14-21)38-28(18-4-5-19(15-32)23(30)13-18)35-27-26(8-10-34-29(27)38)37-11-2-3-20(33)16-37/h4-8,10,13-14,20,22H,2-3,9,11-12,16-17,33H2,1H3/t20-,22+/m1/s1. The molecular weight excluding hydrogens is 500 g/mol. The molecule has 2 aliphatic rings. The number of halogens is 2. The number of nitrogens with two attached hydrogens (primary N) is 1. The van der Waals surface area contributed by atoms with Gasteiger partial charge in [-0.2, -0.15) is 5.26 Å². The lowest BCUT2D eigenvalue weighted by atomic mass is 10.1. The Morgan fingerprint density at radius 2 is 1.87 bits per heavy atom. The number of nitriles is 1. The summed E-state index contributed by atoms with van der Waals surface area (Å²) in [6.45, 7) is 2.97. The first kappa shape index (κ1) is 25.2. The number of benzene rings is 2. The van der Waals surface area contributed by atoms with E-state index in [-0.39, 0.29) is 23.4 Å². The van der Waals surface area contributed by atoms with Crippen molar-refractivity contribution in [2.24, 2.45) is 5.73 Å². The molecule has 4 aromatic rings. The minimum Gasteiger partial charge on any atom is -0.380 e. The van der Waals surface area contributed by atoms with Gasteiger partial charge in [0.15, 0.2) is 5.65 Å². The third-order valence-corrected chi connectivity index (χ3v) is 7.69. The van der Waals surface area contributed by atoms with Gasteiger partial charge in [-0.3, -0.25) is 4.57 Å². The molecule has 0 amide bonds. The highest BCUT2D eigenvalue weighted by molar-refractivity contribution is 5.90. The lowest BCUT2D eigenvalue weighted by molar-refractivity contribution is 0.121. The fraction of sp³-hybridized carbons (Fsp3) is 0.345. The van der Waals surface area contributed by atoms with Crippen LogP contribution in [0.5, 0.6) is 0 Å². The van der Waals surface area contributed by atoms with Gasteiger partial charge in [0.25, 0.3) is 0 Å². The van der Waals surface area contributed by atoms with E-state index in [1.165, 1.54) is 18.2 Å². The van der Waals surface area contributed by atoms with Crippen molar-refractivity contribution in [1.29, 1.82) is 5.26 Å². The molecule has 0 saturated carbocycles. The molecule has 2 N–H and O–H groups in total. The SMILES string of the molecule is CO[C@H]1CCN(c2ccc(-n3c(-c4ccc(C#N)c(F)c4)nc4c(N5CCC[C@@H](N)C5)ccnc43)c(F)c2)C1. The Hall–Kier alpha value is -4.07. The minimum atomic E-state index is -0.665. The highest BCUT2D eigenvalue weighted by Crippen LogP contribution is 2.35. The third-order valence-electron chi connectivity index (χ3n) is 7.69. The number of ether oxygens (including phenoxy) is 1. The minimum absolute atomic E-state index is 0.0458. The summed E-state index contributed by atoms with van der Waals surface area (Å²) in [6.07, 6.45) is 4.59. The van der Waals surface area contributed by atoms with Gasteiger partial charge < -0.3 is 20.3 Å². The Bertz CT molecular complexity index is 1580. The van der Waals surface area contributed by atoms with Crippen molar-refractivity contribution in [3.63, 3.8) is 0 Å². The number of imidazole rings is 1. The topological polar surface area (TPSA) is 96.2 Å². The molecule has 39 heavy (non-hydrogen) atoms. The Labute approximate surface area is 225 Å². The van der Waals surface area contributed by atoms with Crippen molar-refractivity contribution in [2.75, 3.05) is 43.1 Å². The van der Waals surface area contributed by atoms with Crippen LogP contribution in [0.1, 0.15) is 24.8 Å². The number of piperidine rings is 1. The van der Waals surface area contributed by atoms with Crippen LogP contribution >= 0.6 is 0 Å². The monoisotopic (exact) mass is 529 g/mol. The van der Waals surface area contributed by atoms with E-state index >= 15 is 4.39 Å². The normalized spacial score (nSPS) is 19.6. The van der Waals surface area contributed by atoms with Gasteiger partial charge >= 0.3 is 0 Å². The van der Waals surface area contributed by atoms with E-state index in [0.29, 0.717) is 35.6 Å². The van der Waals surface area contributed by atoms with Crippen LogP contribution < -0.4 is 15.5 Å². The van der Waals surface area contributed by atoms with Crippen molar-refractivity contribution in [2.45, 2.75) is 31.4 Å². The molecule has 0 unspecified atom stereocenters. The zero-order valence-electron chi connectivity index (χ0n) is 21.6. The molecule has 8 nitrogen and oxygen atoms in total. The van der Waals surface area contributed by atoms with Gasteiger partial charge in [-0.25, -0.2) is 18.7 Å². The number of fused-ring (bicyclic) bond motifs is 1. The van der Waals surface area contributed by atoms with Gasteiger partial charge in [-0.05, 0) is 61.7 Å². The highest BCUT2D eigenvalue weighted by Gasteiger charge is 2.26. The van der Waals surface area contributed by atoms with Crippen LogP contribution in [0.4, 0.5) is 20.2 Å². The first-order valence-electron chi connectivity index (χ1n) is 13.1. The summed E-state index contributed by atoms with van der Waals surface area (Å²) >= 11 is 0. The fourth-order valence-corrected chi connectivity index (χ4v) is 5.64. The van der Waals surface area contributed by atoms with E-state index in [1.54, 1.807) is 30.0 Å². The van der Waals surface area contributed by atoms with Gasteiger partial charge in [0.05, 0.1) is 23.0 Å². The summed E-state index contributed by atoms with van der Waals surface area (Å²) in [5, 5.41) is 9.22. The van der Waals surface area contributed by atoms with Crippen molar-refractivity contribution >= 4 is 22.5 Å². The fourth-order valence-electron chi connectivity index (χ4n) is 5.64. The van der Waals surface area contributed by atoms with E-state index in [9.17, 15) is 9.65 Å². The van der Waals surface area contributed by atoms with Crippen LogP contribution in [0.2, 0.25) is 0 Å². The van der Waals surface area contributed by atoms with Crippen molar-refractivity contribution < 1.29 is 13.5 Å². The molecule has 2 aliphatic heterocycles. The van der Waals surface area contributed by atoms with Crippen LogP contribution in [-0.2, 0) is 4.74 Å². The molecule has 2 atom stereocenters. The molecule has 4 heterocycles. The summed E-state index contributed by atoms with van der Waals surface area (Å²) in [5.41, 5.74) is 9.51. The van der Waals surface area contributed by atoms with Crippen LogP contribution in [-0.4, -0.2) is 60.0 Å². The molecule has 2 fully saturated rings. The number of pyridine rings is 1. The van der Waals surface area contributed by atoms with Crippen molar-refractivity contribution in [3.8, 4) is 23.1 Å². The number of nitrogens with zero attached hydrogens (tertiary/aromatic N) is 6. The Morgan fingerprint density at radius 3 is 2.59 bits per heavy atom. The molecule has 2 aromatic heterocycles. The molecule has 0 radical (unpaired) electrons. The van der Waals surface area contributed by atoms with Gasteiger partial charge in [-0.1, -0.05) is 0 Å². The second-order valence-corrected chi connectivity index (χ2v) is 10.2. The Morgan fingerprint density at radius 1 is 1.00 bits per heavy atom. The number of aromatic nitrogens is 3. The van der Waals surface area contributed by atoms with Crippen LogP contribution in [0.3, 0.4) is 0 Å². The number of rotatable bonds is 5. The Balaban J connectivity index is 1.51. The largest absolute Gasteiger partial charge is 0.380 e. The molecule has 10 heteroatoms. The number of hydrogen-bond acceptors (Lipinski definition) is 7. The smallest absolute Gasteiger partial charge is 0.167 e. The third kappa shape index (κ3) is 4.58. The summed E-state index contributed by atoms with van der Waals surface area (Å²) in [7, 11) is 1.69. The maximum Gasteiger partial charge on any atom is 0.167 e. The lowest BCUT2D eigenvalue weighted by Crippen LogP contribution is -2.42. The van der Waals surface area contributed by atoms with Crippen molar-refractivity contribution in [3.05, 3.63) is 65.9 Å². The molecular formula is C29H29F2N7O. The second-order valence-electron chi connectivity index (χ2n) is 10.2. The molecule has 200 valence electrons. The first-order valence-corrected chi connectivity index (χ1v) is 13.1. The maximum atomic E-state index is 15.9. The quantitative estimate of drug-likeness (QED) is 0.410. The zero-order valence-corrected chi connectivity index (χ0v) is 21.6. The second kappa shape index (κ2) is 10.2. The molecule has 0 bridgehead atoms. The highest BCUT2D eigenvalue weighted by atomic mass is 19.1. The van der Waals surface area contributed by atoms with Gasteiger partial charge in [0.2, 0.25) is 0 Å². The molecule has 0 aliphatic carbocycles. The average Bonchev–Trinajstić information content (AvgIpc) is 3.58. The molecule has 6 rings (SSSR count). The summed E-state index contributed by atoms with van der Waals surface area (Å²) < 4.78 is 37.7. The number of methoxy groups -OCH3 is 1. The molecule has 2 saturated heterocycles. The first-order chi connectivity index (χ1) is 19.0. The predicted octanol–water partition coefficient (Wildman–Crippen LogP) is 4.39.